The molecule has 6 nitrogen and oxygen atoms in total. The zero-order valence-corrected chi connectivity index (χ0v) is 13.4. The van der Waals surface area contributed by atoms with Gasteiger partial charge >= 0.3 is 5.97 Å². The summed E-state index contributed by atoms with van der Waals surface area (Å²) in [6, 6.07) is 10.4. The molecule has 2 N–H and O–H groups in total. The van der Waals surface area contributed by atoms with Crippen molar-refractivity contribution in [2.45, 2.75) is 6.92 Å². The molecule has 0 bridgehead atoms. The predicted octanol–water partition coefficient (Wildman–Crippen LogP) is 2.92. The number of carbonyl (C=O) groups is 2. The highest BCUT2D eigenvalue weighted by Gasteiger charge is 2.12. The van der Waals surface area contributed by atoms with Gasteiger partial charge in [0.15, 0.2) is 0 Å². The lowest BCUT2D eigenvalue weighted by Gasteiger charge is -2.11. The van der Waals surface area contributed by atoms with Gasteiger partial charge in [0.1, 0.15) is 5.69 Å². The lowest BCUT2D eigenvalue weighted by molar-refractivity contribution is 0.0527. The molecular formula is C18H19N3O3. The number of para-hydroxylation sites is 1. The Labute approximate surface area is 140 Å². The zero-order valence-electron chi connectivity index (χ0n) is 13.4. The van der Waals surface area contributed by atoms with Crippen LogP contribution in [0.1, 0.15) is 27.8 Å². The summed E-state index contributed by atoms with van der Waals surface area (Å²) in [6.45, 7) is 5.99. The van der Waals surface area contributed by atoms with E-state index in [0.717, 1.165) is 0 Å². The van der Waals surface area contributed by atoms with Gasteiger partial charge in [0.05, 0.1) is 29.7 Å². The molecule has 0 saturated carbocycles. The van der Waals surface area contributed by atoms with E-state index >= 15 is 0 Å². The van der Waals surface area contributed by atoms with E-state index in [2.05, 4.69) is 22.2 Å². The third kappa shape index (κ3) is 4.42. The molecule has 2 aromatic rings. The molecule has 0 aliphatic rings. The number of pyridine rings is 1. The fraction of sp³-hybridized carbons (Fsp3) is 0.167. The molecule has 0 spiro atoms. The van der Waals surface area contributed by atoms with Gasteiger partial charge in [-0.25, -0.2) is 9.78 Å². The first-order valence-corrected chi connectivity index (χ1v) is 7.54. The van der Waals surface area contributed by atoms with Crippen LogP contribution in [0.5, 0.6) is 0 Å². The number of anilines is 2. The molecule has 1 aromatic carbocycles. The minimum Gasteiger partial charge on any atom is -0.462 e. The van der Waals surface area contributed by atoms with Gasteiger partial charge in [0, 0.05) is 6.54 Å². The van der Waals surface area contributed by atoms with Crippen LogP contribution in [0.4, 0.5) is 11.4 Å². The molecule has 1 amide bonds. The molecule has 1 aromatic heterocycles. The maximum atomic E-state index is 12.0. The van der Waals surface area contributed by atoms with Crippen molar-refractivity contribution >= 4 is 23.3 Å². The molecule has 0 aliphatic carbocycles. The second-order valence-electron chi connectivity index (χ2n) is 4.82. The summed E-state index contributed by atoms with van der Waals surface area (Å²) >= 11 is 0. The summed E-state index contributed by atoms with van der Waals surface area (Å²) in [7, 11) is 0. The van der Waals surface area contributed by atoms with Gasteiger partial charge in [0.2, 0.25) is 0 Å². The Morgan fingerprint density at radius 1 is 1.25 bits per heavy atom. The van der Waals surface area contributed by atoms with Gasteiger partial charge in [-0.05, 0) is 31.2 Å². The fourth-order valence-electron chi connectivity index (χ4n) is 1.99. The van der Waals surface area contributed by atoms with Crippen LogP contribution in [0.25, 0.3) is 0 Å². The number of benzene rings is 1. The standard InChI is InChI=1S/C18H19N3O3/c1-3-11-19-17(22)16-10-9-13(12-20-16)21-15-8-6-5-7-14(15)18(23)24-4-2/h3,5-10,12,21H,1,4,11H2,2H3,(H,19,22). The Morgan fingerprint density at radius 3 is 2.71 bits per heavy atom. The van der Waals surface area contributed by atoms with Crippen molar-refractivity contribution < 1.29 is 14.3 Å². The van der Waals surface area contributed by atoms with Crippen LogP contribution in [0, 0.1) is 0 Å². The van der Waals surface area contributed by atoms with Gasteiger partial charge in [-0.2, -0.15) is 0 Å². The number of hydrogen-bond donors (Lipinski definition) is 2. The highest BCUT2D eigenvalue weighted by molar-refractivity contribution is 5.96. The van der Waals surface area contributed by atoms with E-state index in [1.165, 1.54) is 6.20 Å². The van der Waals surface area contributed by atoms with Crippen LogP contribution in [-0.2, 0) is 4.74 Å². The molecule has 0 fully saturated rings. The first-order chi connectivity index (χ1) is 11.7. The number of carbonyl (C=O) groups excluding carboxylic acids is 2. The zero-order chi connectivity index (χ0) is 17.4. The number of rotatable bonds is 7. The van der Waals surface area contributed by atoms with Crippen LogP contribution in [0.3, 0.4) is 0 Å². The molecule has 24 heavy (non-hydrogen) atoms. The number of esters is 1. The van der Waals surface area contributed by atoms with E-state index in [9.17, 15) is 9.59 Å². The largest absolute Gasteiger partial charge is 0.462 e. The number of nitrogens with zero attached hydrogens (tertiary/aromatic N) is 1. The monoisotopic (exact) mass is 325 g/mol. The topological polar surface area (TPSA) is 80.3 Å². The normalized spacial score (nSPS) is 9.88. The Balaban J connectivity index is 2.13. The molecule has 6 heteroatoms. The highest BCUT2D eigenvalue weighted by atomic mass is 16.5. The Bertz CT molecular complexity index is 727. The van der Waals surface area contributed by atoms with E-state index < -0.39 is 5.97 Å². The molecule has 0 saturated heterocycles. The van der Waals surface area contributed by atoms with Gasteiger partial charge < -0.3 is 15.4 Å². The third-order valence-corrected chi connectivity index (χ3v) is 3.10. The van der Waals surface area contributed by atoms with Crippen LogP contribution in [0.15, 0.2) is 55.3 Å². The maximum Gasteiger partial charge on any atom is 0.340 e. The predicted molar refractivity (Wildman–Crippen MR) is 92.4 cm³/mol. The van der Waals surface area contributed by atoms with Gasteiger partial charge in [0.25, 0.3) is 5.91 Å². The molecule has 1 heterocycles. The van der Waals surface area contributed by atoms with Crippen molar-refractivity contribution in [3.63, 3.8) is 0 Å². The number of nitrogens with one attached hydrogen (secondary N) is 2. The fourth-order valence-corrected chi connectivity index (χ4v) is 1.99. The van der Waals surface area contributed by atoms with Crippen molar-refractivity contribution in [2.24, 2.45) is 0 Å². The summed E-state index contributed by atoms with van der Waals surface area (Å²) in [5.74, 6) is -0.664. The van der Waals surface area contributed by atoms with E-state index in [1.807, 2.05) is 6.07 Å². The molecular weight excluding hydrogens is 306 g/mol. The van der Waals surface area contributed by atoms with Gasteiger partial charge in [-0.3, -0.25) is 4.79 Å². The van der Waals surface area contributed by atoms with Crippen molar-refractivity contribution in [1.29, 1.82) is 0 Å². The number of amides is 1. The summed E-state index contributed by atoms with van der Waals surface area (Å²) < 4.78 is 5.04. The van der Waals surface area contributed by atoms with E-state index in [1.54, 1.807) is 43.3 Å². The maximum absolute atomic E-state index is 12.0. The minimum atomic E-state index is -0.394. The summed E-state index contributed by atoms with van der Waals surface area (Å²) in [5.41, 5.74) is 2.02. The Kier molecular flexibility index (Phi) is 6.08. The lowest BCUT2D eigenvalue weighted by atomic mass is 10.1. The van der Waals surface area contributed by atoms with Crippen LogP contribution >= 0.6 is 0 Å². The molecule has 2 rings (SSSR count). The van der Waals surface area contributed by atoms with Gasteiger partial charge in [-0.1, -0.05) is 18.2 Å². The average molecular weight is 325 g/mol. The van der Waals surface area contributed by atoms with E-state index in [4.69, 9.17) is 4.74 Å². The van der Waals surface area contributed by atoms with Crippen molar-refractivity contribution in [1.82, 2.24) is 10.3 Å². The highest BCUT2D eigenvalue weighted by Crippen LogP contribution is 2.21. The summed E-state index contributed by atoms with van der Waals surface area (Å²) in [6.07, 6.45) is 3.13. The Morgan fingerprint density at radius 2 is 2.04 bits per heavy atom. The molecule has 124 valence electrons. The van der Waals surface area contributed by atoms with E-state index in [0.29, 0.717) is 35.8 Å². The first-order valence-electron chi connectivity index (χ1n) is 7.54. The molecule has 0 radical (unpaired) electrons. The molecule has 0 aliphatic heterocycles. The van der Waals surface area contributed by atoms with Crippen LogP contribution in [0.2, 0.25) is 0 Å². The van der Waals surface area contributed by atoms with Crippen LogP contribution < -0.4 is 10.6 Å². The van der Waals surface area contributed by atoms with Crippen molar-refractivity contribution in [3.05, 3.63) is 66.5 Å². The molecule has 0 atom stereocenters. The number of ether oxygens (including phenoxy) is 1. The second kappa shape index (κ2) is 8.47. The smallest absolute Gasteiger partial charge is 0.340 e. The first kappa shape index (κ1) is 17.2. The average Bonchev–Trinajstić information content (AvgIpc) is 2.61. The van der Waals surface area contributed by atoms with Gasteiger partial charge in [-0.15, -0.1) is 6.58 Å². The third-order valence-electron chi connectivity index (χ3n) is 3.10. The molecule has 0 unspecified atom stereocenters. The summed E-state index contributed by atoms with van der Waals surface area (Å²) in [5, 5.41) is 5.76. The van der Waals surface area contributed by atoms with E-state index in [-0.39, 0.29) is 5.91 Å². The Hall–Kier alpha value is -3.15. The van der Waals surface area contributed by atoms with Crippen LogP contribution in [-0.4, -0.2) is 30.0 Å². The quantitative estimate of drug-likeness (QED) is 0.604. The second-order valence-corrected chi connectivity index (χ2v) is 4.82. The number of aromatic nitrogens is 1. The SMILES string of the molecule is C=CCNC(=O)c1ccc(Nc2ccccc2C(=O)OCC)cn1. The van der Waals surface area contributed by atoms with Crippen molar-refractivity contribution in [3.8, 4) is 0 Å². The van der Waals surface area contributed by atoms with Crippen molar-refractivity contribution in [2.75, 3.05) is 18.5 Å². The number of hydrogen-bond acceptors (Lipinski definition) is 5. The summed E-state index contributed by atoms with van der Waals surface area (Å²) in [4.78, 5) is 27.9. The lowest BCUT2D eigenvalue weighted by Crippen LogP contribution is -2.24. The minimum absolute atomic E-state index is 0.270.